The monoisotopic (exact) mass is 270 g/mol. The van der Waals surface area contributed by atoms with Gasteiger partial charge < -0.3 is 5.32 Å². The fourth-order valence-corrected chi connectivity index (χ4v) is 2.55. The van der Waals surface area contributed by atoms with Gasteiger partial charge in [-0.3, -0.25) is 4.98 Å². The van der Waals surface area contributed by atoms with E-state index in [2.05, 4.69) is 48.4 Å². The second-order valence-corrected chi connectivity index (χ2v) is 5.79. The van der Waals surface area contributed by atoms with E-state index in [1.807, 2.05) is 12.4 Å². The molecule has 1 aromatic carbocycles. The van der Waals surface area contributed by atoms with Gasteiger partial charge in [0, 0.05) is 24.3 Å². The van der Waals surface area contributed by atoms with Crippen LogP contribution in [-0.2, 0) is 6.54 Å². The molecule has 2 heteroatoms. The Labute approximate surface area is 122 Å². The lowest BCUT2D eigenvalue weighted by molar-refractivity contribution is 0.457. The Morgan fingerprint density at radius 3 is 2.90 bits per heavy atom. The van der Waals surface area contributed by atoms with Gasteiger partial charge in [0.15, 0.2) is 0 Å². The van der Waals surface area contributed by atoms with Crippen LogP contribution < -0.4 is 5.32 Å². The number of rotatable bonds is 8. The highest BCUT2D eigenvalue weighted by molar-refractivity contribution is 5.81. The van der Waals surface area contributed by atoms with Gasteiger partial charge in [-0.2, -0.15) is 0 Å². The van der Waals surface area contributed by atoms with Crippen molar-refractivity contribution in [3.8, 4) is 0 Å². The molecular weight excluding hydrogens is 244 g/mol. The van der Waals surface area contributed by atoms with Gasteiger partial charge in [0.25, 0.3) is 0 Å². The molecule has 0 aliphatic rings. The van der Waals surface area contributed by atoms with Crippen molar-refractivity contribution in [3.63, 3.8) is 0 Å². The van der Waals surface area contributed by atoms with Crippen LogP contribution in [0.1, 0.15) is 45.1 Å². The van der Waals surface area contributed by atoms with Crippen molar-refractivity contribution in [2.45, 2.75) is 46.1 Å². The zero-order valence-corrected chi connectivity index (χ0v) is 12.7. The van der Waals surface area contributed by atoms with Gasteiger partial charge in [0.2, 0.25) is 0 Å². The maximum absolute atomic E-state index is 4.15. The van der Waals surface area contributed by atoms with E-state index in [0.717, 1.165) is 19.0 Å². The summed E-state index contributed by atoms with van der Waals surface area (Å²) in [5.41, 5.74) is 1.35. The first-order chi connectivity index (χ1) is 9.79. The van der Waals surface area contributed by atoms with Crippen molar-refractivity contribution >= 4 is 10.8 Å². The average Bonchev–Trinajstić information content (AvgIpc) is 2.47. The number of fused-ring (bicyclic) bond motifs is 1. The molecule has 108 valence electrons. The van der Waals surface area contributed by atoms with E-state index >= 15 is 0 Å². The van der Waals surface area contributed by atoms with Crippen molar-refractivity contribution in [3.05, 3.63) is 42.2 Å². The summed E-state index contributed by atoms with van der Waals surface area (Å²) in [4.78, 5) is 4.15. The molecular formula is C18H26N2. The number of aromatic nitrogens is 1. The zero-order valence-electron chi connectivity index (χ0n) is 12.7. The lowest BCUT2D eigenvalue weighted by Crippen LogP contribution is -2.20. The zero-order chi connectivity index (χ0) is 14.2. The molecule has 0 aliphatic heterocycles. The fraction of sp³-hybridized carbons (Fsp3) is 0.500. The Kier molecular flexibility index (Phi) is 6.00. The third-order valence-electron chi connectivity index (χ3n) is 3.83. The summed E-state index contributed by atoms with van der Waals surface area (Å²) in [6, 6.07) is 8.68. The topological polar surface area (TPSA) is 24.9 Å². The molecule has 2 aromatic rings. The Bertz CT molecular complexity index is 522. The van der Waals surface area contributed by atoms with E-state index in [4.69, 9.17) is 0 Å². The maximum Gasteiger partial charge on any atom is 0.0346 e. The minimum Gasteiger partial charge on any atom is -0.312 e. The molecule has 0 radical (unpaired) electrons. The average molecular weight is 270 g/mol. The van der Waals surface area contributed by atoms with Crippen molar-refractivity contribution in [1.82, 2.24) is 10.3 Å². The first kappa shape index (κ1) is 15.0. The van der Waals surface area contributed by atoms with E-state index in [1.165, 1.54) is 42.0 Å². The summed E-state index contributed by atoms with van der Waals surface area (Å²) < 4.78 is 0. The van der Waals surface area contributed by atoms with Crippen molar-refractivity contribution in [1.29, 1.82) is 0 Å². The molecule has 1 atom stereocenters. The number of nitrogens with zero attached hydrogens (tertiary/aromatic N) is 1. The highest BCUT2D eigenvalue weighted by Crippen LogP contribution is 2.14. The van der Waals surface area contributed by atoms with Crippen LogP contribution in [0.4, 0.5) is 0 Å². The van der Waals surface area contributed by atoms with E-state index < -0.39 is 0 Å². The first-order valence-corrected chi connectivity index (χ1v) is 7.83. The molecule has 2 nitrogen and oxygen atoms in total. The Balaban J connectivity index is 1.78. The van der Waals surface area contributed by atoms with E-state index in [1.54, 1.807) is 0 Å². The minimum atomic E-state index is 0.770. The largest absolute Gasteiger partial charge is 0.312 e. The molecule has 1 N–H and O–H groups in total. The molecule has 0 saturated heterocycles. The maximum atomic E-state index is 4.15. The minimum absolute atomic E-state index is 0.770. The second-order valence-electron chi connectivity index (χ2n) is 5.79. The summed E-state index contributed by atoms with van der Waals surface area (Å²) in [5, 5.41) is 6.06. The van der Waals surface area contributed by atoms with Crippen LogP contribution in [-0.4, -0.2) is 11.5 Å². The van der Waals surface area contributed by atoms with E-state index in [-0.39, 0.29) is 0 Å². The predicted octanol–water partition coefficient (Wildman–Crippen LogP) is 4.54. The number of unbranched alkanes of at least 4 members (excludes halogenated alkanes) is 2. The molecule has 1 aromatic heterocycles. The van der Waals surface area contributed by atoms with Crippen LogP contribution in [0, 0.1) is 5.92 Å². The lowest BCUT2D eigenvalue weighted by atomic mass is 10.0. The van der Waals surface area contributed by atoms with Gasteiger partial charge in [-0.1, -0.05) is 45.2 Å². The summed E-state index contributed by atoms with van der Waals surface area (Å²) in [7, 11) is 0. The summed E-state index contributed by atoms with van der Waals surface area (Å²) >= 11 is 0. The third-order valence-corrected chi connectivity index (χ3v) is 3.83. The number of hydrogen-bond donors (Lipinski definition) is 1. The predicted molar refractivity (Wildman–Crippen MR) is 86.8 cm³/mol. The van der Waals surface area contributed by atoms with Gasteiger partial charge in [-0.05, 0) is 42.0 Å². The molecule has 0 bridgehead atoms. The summed E-state index contributed by atoms with van der Waals surface area (Å²) in [5.74, 6) is 0.770. The quantitative estimate of drug-likeness (QED) is 0.712. The molecule has 1 heterocycles. The van der Waals surface area contributed by atoms with Crippen LogP contribution in [0.15, 0.2) is 36.7 Å². The van der Waals surface area contributed by atoms with Gasteiger partial charge in [-0.25, -0.2) is 0 Å². The molecule has 2 rings (SSSR count). The highest BCUT2D eigenvalue weighted by atomic mass is 14.9. The van der Waals surface area contributed by atoms with Crippen LogP contribution in [0.5, 0.6) is 0 Å². The van der Waals surface area contributed by atoms with Gasteiger partial charge in [0.1, 0.15) is 0 Å². The first-order valence-electron chi connectivity index (χ1n) is 7.83. The summed E-state index contributed by atoms with van der Waals surface area (Å²) in [6.07, 6.45) is 9.15. The molecule has 0 fully saturated rings. The Morgan fingerprint density at radius 1 is 1.15 bits per heavy atom. The number of pyridine rings is 1. The molecule has 0 spiro atoms. The van der Waals surface area contributed by atoms with Crippen molar-refractivity contribution in [2.75, 3.05) is 6.54 Å². The van der Waals surface area contributed by atoms with Gasteiger partial charge >= 0.3 is 0 Å². The van der Waals surface area contributed by atoms with Gasteiger partial charge in [0.05, 0.1) is 0 Å². The van der Waals surface area contributed by atoms with Crippen LogP contribution >= 0.6 is 0 Å². The Hall–Kier alpha value is -1.41. The smallest absolute Gasteiger partial charge is 0.0346 e. The molecule has 0 unspecified atom stereocenters. The van der Waals surface area contributed by atoms with E-state index in [9.17, 15) is 0 Å². The van der Waals surface area contributed by atoms with Gasteiger partial charge in [-0.15, -0.1) is 0 Å². The normalized spacial score (nSPS) is 12.7. The summed E-state index contributed by atoms with van der Waals surface area (Å²) in [6.45, 7) is 6.67. The molecule has 0 amide bonds. The van der Waals surface area contributed by atoms with E-state index in [0.29, 0.717) is 0 Å². The van der Waals surface area contributed by atoms with Crippen LogP contribution in [0.2, 0.25) is 0 Å². The van der Waals surface area contributed by atoms with Crippen molar-refractivity contribution in [2.24, 2.45) is 5.92 Å². The second kappa shape index (κ2) is 8.01. The SMILES string of the molecule is CCCCC[C@H](C)CNCc1ccc2cnccc2c1. The standard InChI is InChI=1S/C18H26N2/c1-3-4-5-6-15(2)12-20-13-16-7-8-18-14-19-10-9-17(18)11-16/h7-11,14-15,20H,3-6,12-13H2,1-2H3/t15-/m0/s1. The number of benzene rings is 1. The number of nitrogens with one attached hydrogen (secondary N) is 1. The molecule has 20 heavy (non-hydrogen) atoms. The Morgan fingerprint density at radius 2 is 2.05 bits per heavy atom. The fourth-order valence-electron chi connectivity index (χ4n) is 2.55. The lowest BCUT2D eigenvalue weighted by Gasteiger charge is -2.12. The van der Waals surface area contributed by atoms with Crippen LogP contribution in [0.3, 0.4) is 0 Å². The third kappa shape index (κ3) is 4.61. The van der Waals surface area contributed by atoms with Crippen LogP contribution in [0.25, 0.3) is 10.8 Å². The molecule has 0 aliphatic carbocycles. The highest BCUT2D eigenvalue weighted by Gasteiger charge is 2.02. The number of hydrogen-bond acceptors (Lipinski definition) is 2. The van der Waals surface area contributed by atoms with Crippen molar-refractivity contribution < 1.29 is 0 Å². The molecule has 0 saturated carbocycles.